The summed E-state index contributed by atoms with van der Waals surface area (Å²) in [5.41, 5.74) is 1.51. The topological polar surface area (TPSA) is 12.0 Å². The zero-order valence-corrected chi connectivity index (χ0v) is 14.2. The molecule has 0 amide bonds. The summed E-state index contributed by atoms with van der Waals surface area (Å²) < 4.78 is 1.18. The fourth-order valence-electron chi connectivity index (χ4n) is 3.79. The van der Waals surface area contributed by atoms with E-state index >= 15 is 0 Å². The minimum absolute atomic E-state index is 0.759. The van der Waals surface area contributed by atoms with E-state index in [9.17, 15) is 0 Å². The fourth-order valence-corrected chi connectivity index (χ4v) is 4.06. The molecule has 0 aromatic heterocycles. The standard InChI is InChI=1S/C18H26BrN/c1-12-3-8-17(9-13(12)2)20-18-10-15(11-18)14-4-6-16(19)7-5-14/h4-7,12-13,15,17-18,20H,3,8-11H2,1-2H3. The molecule has 20 heavy (non-hydrogen) atoms. The smallest absolute Gasteiger partial charge is 0.0175 e. The maximum atomic E-state index is 3.91. The van der Waals surface area contributed by atoms with Crippen LogP contribution in [0.15, 0.2) is 28.7 Å². The van der Waals surface area contributed by atoms with E-state index in [1.807, 2.05) is 0 Å². The van der Waals surface area contributed by atoms with Crippen molar-refractivity contribution in [3.8, 4) is 0 Å². The van der Waals surface area contributed by atoms with Crippen LogP contribution in [0.25, 0.3) is 0 Å². The Balaban J connectivity index is 1.45. The normalized spacial score (nSPS) is 37.5. The number of benzene rings is 1. The van der Waals surface area contributed by atoms with Gasteiger partial charge in [-0.05, 0) is 67.6 Å². The second kappa shape index (κ2) is 6.19. The van der Waals surface area contributed by atoms with Crippen molar-refractivity contribution < 1.29 is 0 Å². The van der Waals surface area contributed by atoms with Crippen molar-refractivity contribution in [2.24, 2.45) is 11.8 Å². The van der Waals surface area contributed by atoms with Gasteiger partial charge in [0.15, 0.2) is 0 Å². The van der Waals surface area contributed by atoms with E-state index < -0.39 is 0 Å². The van der Waals surface area contributed by atoms with Gasteiger partial charge in [0.2, 0.25) is 0 Å². The third-order valence-corrected chi connectivity index (χ3v) is 6.08. The van der Waals surface area contributed by atoms with E-state index in [4.69, 9.17) is 0 Å². The summed E-state index contributed by atoms with van der Waals surface area (Å²) in [4.78, 5) is 0. The first-order valence-corrected chi connectivity index (χ1v) is 8.92. The summed E-state index contributed by atoms with van der Waals surface area (Å²) in [6.07, 6.45) is 6.80. The third kappa shape index (κ3) is 3.28. The number of halogens is 1. The second-order valence-electron chi connectivity index (χ2n) is 7.05. The summed E-state index contributed by atoms with van der Waals surface area (Å²) in [5, 5.41) is 3.91. The van der Waals surface area contributed by atoms with Crippen LogP contribution >= 0.6 is 15.9 Å². The molecule has 2 heteroatoms. The maximum Gasteiger partial charge on any atom is 0.0175 e. The Morgan fingerprint density at radius 2 is 1.60 bits per heavy atom. The minimum atomic E-state index is 0.759. The molecule has 0 radical (unpaired) electrons. The molecule has 3 rings (SSSR count). The summed E-state index contributed by atoms with van der Waals surface area (Å²) in [5.74, 6) is 2.59. The molecule has 0 bridgehead atoms. The number of hydrogen-bond donors (Lipinski definition) is 1. The van der Waals surface area contributed by atoms with Gasteiger partial charge in [-0.2, -0.15) is 0 Å². The Hall–Kier alpha value is -0.340. The van der Waals surface area contributed by atoms with Gasteiger partial charge in [-0.25, -0.2) is 0 Å². The molecule has 2 aliphatic rings. The van der Waals surface area contributed by atoms with Gasteiger partial charge in [-0.1, -0.05) is 41.9 Å². The van der Waals surface area contributed by atoms with E-state index in [-0.39, 0.29) is 0 Å². The first-order chi connectivity index (χ1) is 9.61. The highest BCUT2D eigenvalue weighted by atomic mass is 79.9. The van der Waals surface area contributed by atoms with Crippen LogP contribution in [-0.2, 0) is 0 Å². The van der Waals surface area contributed by atoms with Gasteiger partial charge >= 0.3 is 0 Å². The van der Waals surface area contributed by atoms with Crippen molar-refractivity contribution in [3.63, 3.8) is 0 Å². The van der Waals surface area contributed by atoms with Crippen molar-refractivity contribution in [2.45, 2.75) is 64.0 Å². The Labute approximate surface area is 131 Å². The van der Waals surface area contributed by atoms with Crippen LogP contribution in [0.4, 0.5) is 0 Å². The number of hydrogen-bond acceptors (Lipinski definition) is 1. The predicted molar refractivity (Wildman–Crippen MR) is 89.0 cm³/mol. The molecule has 2 saturated carbocycles. The van der Waals surface area contributed by atoms with Gasteiger partial charge < -0.3 is 5.32 Å². The van der Waals surface area contributed by atoms with Gasteiger partial charge in [0, 0.05) is 16.6 Å². The first kappa shape index (κ1) is 14.6. The third-order valence-electron chi connectivity index (χ3n) is 5.55. The van der Waals surface area contributed by atoms with E-state index in [0.29, 0.717) is 0 Å². The van der Waals surface area contributed by atoms with Crippen molar-refractivity contribution in [1.29, 1.82) is 0 Å². The maximum absolute atomic E-state index is 3.91. The van der Waals surface area contributed by atoms with Crippen LogP contribution in [-0.4, -0.2) is 12.1 Å². The molecule has 0 saturated heterocycles. The zero-order valence-electron chi connectivity index (χ0n) is 12.6. The molecule has 2 fully saturated rings. The van der Waals surface area contributed by atoms with Crippen LogP contribution in [0.1, 0.15) is 57.4 Å². The van der Waals surface area contributed by atoms with Crippen molar-refractivity contribution >= 4 is 15.9 Å². The quantitative estimate of drug-likeness (QED) is 0.809. The molecular formula is C18H26BrN. The number of rotatable bonds is 3. The van der Waals surface area contributed by atoms with E-state index in [1.165, 1.54) is 42.1 Å². The summed E-state index contributed by atoms with van der Waals surface area (Å²) >= 11 is 3.51. The Morgan fingerprint density at radius 1 is 0.900 bits per heavy atom. The highest BCUT2D eigenvalue weighted by Crippen LogP contribution is 2.38. The van der Waals surface area contributed by atoms with E-state index in [1.54, 1.807) is 0 Å². The van der Waals surface area contributed by atoms with Crippen LogP contribution in [0.2, 0.25) is 0 Å². The monoisotopic (exact) mass is 335 g/mol. The first-order valence-electron chi connectivity index (χ1n) is 8.13. The Bertz CT molecular complexity index is 435. The molecule has 3 atom stereocenters. The lowest BCUT2D eigenvalue weighted by atomic mass is 9.74. The average Bonchev–Trinajstić information content (AvgIpc) is 2.39. The highest BCUT2D eigenvalue weighted by molar-refractivity contribution is 9.10. The summed E-state index contributed by atoms with van der Waals surface area (Å²) in [6.45, 7) is 4.83. The highest BCUT2D eigenvalue weighted by Gasteiger charge is 2.33. The Morgan fingerprint density at radius 3 is 2.25 bits per heavy atom. The lowest BCUT2D eigenvalue weighted by molar-refractivity contribution is 0.183. The average molecular weight is 336 g/mol. The van der Waals surface area contributed by atoms with Crippen molar-refractivity contribution in [3.05, 3.63) is 34.3 Å². The molecule has 1 N–H and O–H groups in total. The molecule has 1 nitrogen and oxygen atoms in total. The largest absolute Gasteiger partial charge is 0.311 e. The lowest BCUT2D eigenvalue weighted by Crippen LogP contribution is -2.47. The van der Waals surface area contributed by atoms with Gasteiger partial charge in [-0.15, -0.1) is 0 Å². The van der Waals surface area contributed by atoms with Crippen LogP contribution in [0.5, 0.6) is 0 Å². The SMILES string of the molecule is CC1CCC(NC2CC(c3ccc(Br)cc3)C2)CC1C. The van der Waals surface area contributed by atoms with Gasteiger partial charge in [0.25, 0.3) is 0 Å². The molecule has 0 spiro atoms. The van der Waals surface area contributed by atoms with Crippen LogP contribution in [0.3, 0.4) is 0 Å². The molecule has 3 unspecified atom stereocenters. The molecule has 0 heterocycles. The Kier molecular flexibility index (Phi) is 4.52. The molecule has 110 valence electrons. The minimum Gasteiger partial charge on any atom is -0.311 e. The van der Waals surface area contributed by atoms with Crippen molar-refractivity contribution in [1.82, 2.24) is 5.32 Å². The van der Waals surface area contributed by atoms with Gasteiger partial charge in [-0.3, -0.25) is 0 Å². The van der Waals surface area contributed by atoms with E-state index in [2.05, 4.69) is 59.4 Å². The van der Waals surface area contributed by atoms with Crippen LogP contribution < -0.4 is 5.32 Å². The van der Waals surface area contributed by atoms with Crippen molar-refractivity contribution in [2.75, 3.05) is 0 Å². The molecule has 2 aliphatic carbocycles. The lowest BCUT2D eigenvalue weighted by Gasteiger charge is -2.41. The molecule has 1 aromatic carbocycles. The fraction of sp³-hybridized carbons (Fsp3) is 0.667. The van der Waals surface area contributed by atoms with Crippen LogP contribution in [0, 0.1) is 11.8 Å². The predicted octanol–water partition coefficient (Wildman–Crippen LogP) is 5.11. The molecule has 1 aromatic rings. The summed E-state index contributed by atoms with van der Waals surface area (Å²) in [7, 11) is 0. The summed E-state index contributed by atoms with van der Waals surface area (Å²) in [6, 6.07) is 10.4. The zero-order chi connectivity index (χ0) is 14.1. The van der Waals surface area contributed by atoms with E-state index in [0.717, 1.165) is 29.8 Å². The molecule has 0 aliphatic heterocycles. The van der Waals surface area contributed by atoms with Gasteiger partial charge in [0.05, 0.1) is 0 Å². The second-order valence-corrected chi connectivity index (χ2v) is 7.96. The molecular weight excluding hydrogens is 310 g/mol. The number of nitrogens with one attached hydrogen (secondary N) is 1. The van der Waals surface area contributed by atoms with Gasteiger partial charge in [0.1, 0.15) is 0 Å².